The Labute approximate surface area is 162 Å². The fourth-order valence-corrected chi connectivity index (χ4v) is 3.22. The quantitative estimate of drug-likeness (QED) is 0.701. The van der Waals surface area contributed by atoms with Gasteiger partial charge in [0.05, 0.1) is 5.52 Å². The monoisotopic (exact) mass is 371 g/mol. The Morgan fingerprint density at radius 2 is 1.78 bits per heavy atom. The molecular formula is C22H33N3O2. The molecule has 0 saturated heterocycles. The normalized spacial score (nSPS) is 11.7. The third-order valence-corrected chi connectivity index (χ3v) is 4.91. The zero-order valence-electron chi connectivity index (χ0n) is 17.4. The molecule has 0 aliphatic heterocycles. The molecule has 0 unspecified atom stereocenters. The third kappa shape index (κ3) is 5.18. The molecule has 2 heterocycles. The molecule has 148 valence electrons. The van der Waals surface area contributed by atoms with E-state index in [0.29, 0.717) is 5.56 Å². The van der Waals surface area contributed by atoms with Crippen LogP contribution in [0.4, 0.5) is 0 Å². The Morgan fingerprint density at radius 1 is 1.15 bits per heavy atom. The average Bonchev–Trinajstić information content (AvgIpc) is 2.62. The Hall–Kier alpha value is -2.17. The van der Waals surface area contributed by atoms with Crippen LogP contribution in [0, 0.1) is 0 Å². The molecule has 0 bridgehead atoms. The highest BCUT2D eigenvalue weighted by atomic mass is 16.2. The second-order valence-corrected chi connectivity index (χ2v) is 8.22. The standard InChI is InChI=1S/C22H33N3O2/c1-6-8-12-24(13-9-7-2)20(26)16-25-19-10-11-23-15-17(19)14-18(21(25)27)22(3,4)5/h10-11,14-15H,6-9,12-13,16H2,1-5H3. The summed E-state index contributed by atoms with van der Waals surface area (Å²) in [6, 6.07) is 3.73. The highest BCUT2D eigenvalue weighted by Gasteiger charge is 2.22. The van der Waals surface area contributed by atoms with Crippen molar-refractivity contribution < 1.29 is 4.79 Å². The second kappa shape index (κ2) is 9.16. The minimum atomic E-state index is -0.296. The fraction of sp³-hybridized carbons (Fsp3) is 0.591. The maximum Gasteiger partial charge on any atom is 0.255 e. The van der Waals surface area contributed by atoms with Crippen LogP contribution in [0.3, 0.4) is 0 Å². The fourth-order valence-electron chi connectivity index (χ4n) is 3.22. The molecule has 0 atom stereocenters. The second-order valence-electron chi connectivity index (χ2n) is 8.22. The number of nitrogens with zero attached hydrogens (tertiary/aromatic N) is 3. The molecule has 0 spiro atoms. The largest absolute Gasteiger partial charge is 0.341 e. The number of fused-ring (bicyclic) bond motifs is 1. The maximum absolute atomic E-state index is 13.2. The van der Waals surface area contributed by atoms with Crippen molar-refractivity contribution in [1.29, 1.82) is 0 Å². The molecule has 0 aliphatic carbocycles. The number of rotatable bonds is 8. The van der Waals surface area contributed by atoms with Crippen LogP contribution < -0.4 is 5.56 Å². The van der Waals surface area contributed by atoms with Gasteiger partial charge >= 0.3 is 0 Å². The number of aromatic nitrogens is 2. The van der Waals surface area contributed by atoms with E-state index in [2.05, 4.69) is 18.8 Å². The molecule has 2 aromatic heterocycles. The van der Waals surface area contributed by atoms with E-state index >= 15 is 0 Å². The van der Waals surface area contributed by atoms with E-state index in [0.717, 1.165) is 49.7 Å². The van der Waals surface area contributed by atoms with Gasteiger partial charge in [-0.25, -0.2) is 0 Å². The van der Waals surface area contributed by atoms with Crippen molar-refractivity contribution in [2.24, 2.45) is 0 Å². The highest BCUT2D eigenvalue weighted by molar-refractivity contribution is 5.82. The minimum Gasteiger partial charge on any atom is -0.341 e. The van der Waals surface area contributed by atoms with Gasteiger partial charge in [-0.05, 0) is 30.4 Å². The van der Waals surface area contributed by atoms with Crippen LogP contribution in [0.25, 0.3) is 10.9 Å². The van der Waals surface area contributed by atoms with Crippen molar-refractivity contribution in [3.63, 3.8) is 0 Å². The van der Waals surface area contributed by atoms with Crippen molar-refractivity contribution in [3.05, 3.63) is 40.4 Å². The summed E-state index contributed by atoms with van der Waals surface area (Å²) in [6.07, 6.45) is 7.49. The summed E-state index contributed by atoms with van der Waals surface area (Å²) < 4.78 is 1.63. The molecule has 0 radical (unpaired) electrons. The predicted molar refractivity (Wildman–Crippen MR) is 111 cm³/mol. The summed E-state index contributed by atoms with van der Waals surface area (Å²) in [5.41, 5.74) is 1.10. The molecular weight excluding hydrogens is 338 g/mol. The molecule has 0 saturated carbocycles. The predicted octanol–water partition coefficient (Wildman–Crippen LogP) is 4.12. The summed E-state index contributed by atoms with van der Waals surface area (Å²) in [5.74, 6) is 0.0168. The molecule has 0 N–H and O–H groups in total. The molecule has 27 heavy (non-hydrogen) atoms. The number of unbranched alkanes of at least 4 members (excludes halogenated alkanes) is 2. The van der Waals surface area contributed by atoms with Crippen LogP contribution in [0.5, 0.6) is 0 Å². The topological polar surface area (TPSA) is 55.2 Å². The van der Waals surface area contributed by atoms with Crippen molar-refractivity contribution in [2.45, 2.75) is 72.3 Å². The van der Waals surface area contributed by atoms with Crippen molar-refractivity contribution in [2.75, 3.05) is 13.1 Å². The number of hydrogen-bond donors (Lipinski definition) is 0. The van der Waals surface area contributed by atoms with Gasteiger partial charge in [0.15, 0.2) is 0 Å². The van der Waals surface area contributed by atoms with E-state index in [-0.39, 0.29) is 23.4 Å². The Morgan fingerprint density at radius 3 is 2.33 bits per heavy atom. The Balaban J connectivity index is 2.45. The molecule has 5 heteroatoms. The van der Waals surface area contributed by atoms with Crippen LogP contribution >= 0.6 is 0 Å². The summed E-state index contributed by atoms with van der Waals surface area (Å²) >= 11 is 0. The van der Waals surface area contributed by atoms with Gasteiger partial charge in [0, 0.05) is 36.4 Å². The first kappa shape index (κ1) is 21.1. The van der Waals surface area contributed by atoms with Gasteiger partial charge in [-0.3, -0.25) is 19.1 Å². The van der Waals surface area contributed by atoms with Crippen LogP contribution in [-0.4, -0.2) is 33.4 Å². The van der Waals surface area contributed by atoms with Gasteiger partial charge in [-0.1, -0.05) is 47.5 Å². The van der Waals surface area contributed by atoms with Crippen LogP contribution in [0.2, 0.25) is 0 Å². The van der Waals surface area contributed by atoms with Gasteiger partial charge in [-0.15, -0.1) is 0 Å². The number of carbonyl (C=O) groups excluding carboxylic acids is 1. The third-order valence-electron chi connectivity index (χ3n) is 4.91. The summed E-state index contributed by atoms with van der Waals surface area (Å²) in [4.78, 5) is 32.3. The molecule has 2 aromatic rings. The lowest BCUT2D eigenvalue weighted by Gasteiger charge is -2.25. The van der Waals surface area contributed by atoms with Crippen LogP contribution in [0.15, 0.2) is 29.3 Å². The van der Waals surface area contributed by atoms with Gasteiger partial charge < -0.3 is 4.90 Å². The molecule has 1 amide bonds. The summed E-state index contributed by atoms with van der Waals surface area (Å²) in [7, 11) is 0. The van der Waals surface area contributed by atoms with E-state index in [9.17, 15) is 9.59 Å². The zero-order chi connectivity index (χ0) is 20.0. The smallest absolute Gasteiger partial charge is 0.255 e. The average molecular weight is 372 g/mol. The summed E-state index contributed by atoms with van der Waals surface area (Å²) in [5, 5.41) is 0.892. The first-order chi connectivity index (χ1) is 12.8. The Kier molecular flexibility index (Phi) is 7.17. The molecule has 0 aliphatic rings. The van der Waals surface area contributed by atoms with E-state index in [1.807, 2.05) is 37.8 Å². The van der Waals surface area contributed by atoms with Gasteiger partial charge in [0.25, 0.3) is 5.56 Å². The number of carbonyl (C=O) groups is 1. The minimum absolute atomic E-state index is 0.0168. The summed E-state index contributed by atoms with van der Waals surface area (Å²) in [6.45, 7) is 11.9. The first-order valence-corrected chi connectivity index (χ1v) is 10.0. The van der Waals surface area contributed by atoms with Crippen molar-refractivity contribution >= 4 is 16.8 Å². The van der Waals surface area contributed by atoms with E-state index in [1.165, 1.54) is 0 Å². The first-order valence-electron chi connectivity index (χ1n) is 10.0. The highest BCUT2D eigenvalue weighted by Crippen LogP contribution is 2.22. The van der Waals surface area contributed by atoms with Gasteiger partial charge in [0.2, 0.25) is 5.91 Å². The maximum atomic E-state index is 13.2. The molecule has 5 nitrogen and oxygen atoms in total. The lowest BCUT2D eigenvalue weighted by Crippen LogP contribution is -2.39. The van der Waals surface area contributed by atoms with Crippen LogP contribution in [0.1, 0.15) is 65.9 Å². The lowest BCUT2D eigenvalue weighted by atomic mass is 9.87. The SMILES string of the molecule is CCCCN(CCCC)C(=O)Cn1c(=O)c(C(C)(C)C)cc2cnccc21. The van der Waals surface area contributed by atoms with Crippen molar-refractivity contribution in [1.82, 2.24) is 14.5 Å². The van der Waals surface area contributed by atoms with Gasteiger partial charge in [0.1, 0.15) is 6.54 Å². The molecule has 0 aromatic carbocycles. The van der Waals surface area contributed by atoms with Crippen LogP contribution in [-0.2, 0) is 16.8 Å². The molecule has 0 fully saturated rings. The molecule has 2 rings (SSSR count). The van der Waals surface area contributed by atoms with Crippen molar-refractivity contribution in [3.8, 4) is 0 Å². The number of pyridine rings is 2. The van der Waals surface area contributed by atoms with E-state index < -0.39 is 0 Å². The van der Waals surface area contributed by atoms with E-state index in [1.54, 1.807) is 17.0 Å². The number of hydrogen-bond acceptors (Lipinski definition) is 3. The van der Waals surface area contributed by atoms with Gasteiger partial charge in [-0.2, -0.15) is 0 Å². The zero-order valence-corrected chi connectivity index (χ0v) is 17.4. The van der Waals surface area contributed by atoms with E-state index in [4.69, 9.17) is 0 Å². The Bertz CT molecular complexity index is 826. The lowest BCUT2D eigenvalue weighted by molar-refractivity contribution is -0.132. The number of amides is 1.